The van der Waals surface area contributed by atoms with Gasteiger partial charge < -0.3 is 9.47 Å². The van der Waals surface area contributed by atoms with Gasteiger partial charge in [-0.1, -0.05) is 23.2 Å². The number of benzene rings is 1. The summed E-state index contributed by atoms with van der Waals surface area (Å²) in [6, 6.07) is 3.39. The Morgan fingerprint density at radius 2 is 1.88 bits per heavy atom. The van der Waals surface area contributed by atoms with Crippen LogP contribution in [0.2, 0.25) is 10.0 Å². The lowest BCUT2D eigenvalue weighted by Gasteiger charge is -2.13. The Bertz CT molecular complexity index is 367. The van der Waals surface area contributed by atoms with Crippen LogP contribution in [0.5, 0.6) is 5.75 Å². The van der Waals surface area contributed by atoms with Crippen LogP contribution >= 0.6 is 34.8 Å². The monoisotopic (exact) mass is 296 g/mol. The van der Waals surface area contributed by atoms with E-state index in [-0.39, 0.29) is 6.10 Å². The molecule has 0 aliphatic rings. The second kappa shape index (κ2) is 7.32. The Kier molecular flexibility index (Phi) is 6.42. The third-order valence-electron chi connectivity index (χ3n) is 2.01. The molecule has 1 aromatic rings. The van der Waals surface area contributed by atoms with Crippen molar-refractivity contribution >= 4 is 34.8 Å². The molecule has 2 nitrogen and oxygen atoms in total. The van der Waals surface area contributed by atoms with E-state index in [4.69, 9.17) is 44.3 Å². The Labute approximate surface area is 117 Å². The largest absolute Gasteiger partial charge is 0.489 e. The number of alkyl halides is 1. The molecule has 1 aromatic carbocycles. The van der Waals surface area contributed by atoms with Gasteiger partial charge >= 0.3 is 0 Å². The maximum absolute atomic E-state index is 6.05. The van der Waals surface area contributed by atoms with Crippen molar-refractivity contribution in [3.63, 3.8) is 0 Å². The fraction of sp³-hybridized carbons (Fsp3) is 0.500. The third kappa shape index (κ3) is 4.92. The summed E-state index contributed by atoms with van der Waals surface area (Å²) in [5.74, 6) is 0.888. The average molecular weight is 298 g/mol. The first-order chi connectivity index (χ1) is 8.04. The Balaban J connectivity index is 2.63. The minimum atomic E-state index is 0.187. The zero-order valence-electron chi connectivity index (χ0n) is 9.80. The van der Waals surface area contributed by atoms with Crippen LogP contribution in [0.15, 0.2) is 12.1 Å². The molecular weight excluding hydrogens is 282 g/mol. The minimum Gasteiger partial charge on any atom is -0.489 e. The first kappa shape index (κ1) is 14.9. The van der Waals surface area contributed by atoms with Gasteiger partial charge in [0.05, 0.1) is 23.6 Å². The molecule has 0 aliphatic heterocycles. The van der Waals surface area contributed by atoms with Gasteiger partial charge in [-0.05, 0) is 26.0 Å². The molecule has 0 amide bonds. The van der Waals surface area contributed by atoms with Crippen LogP contribution in [0.1, 0.15) is 19.4 Å². The fourth-order valence-electron chi connectivity index (χ4n) is 1.30. The summed E-state index contributed by atoms with van der Waals surface area (Å²) in [7, 11) is 0. The molecule has 0 fully saturated rings. The van der Waals surface area contributed by atoms with Crippen LogP contribution in [0.4, 0.5) is 0 Å². The van der Waals surface area contributed by atoms with Crippen molar-refractivity contribution in [3.8, 4) is 5.75 Å². The van der Waals surface area contributed by atoms with Gasteiger partial charge in [0.25, 0.3) is 0 Å². The topological polar surface area (TPSA) is 18.5 Å². The molecule has 0 heterocycles. The second-order valence-electron chi connectivity index (χ2n) is 3.78. The van der Waals surface area contributed by atoms with Crippen molar-refractivity contribution < 1.29 is 9.47 Å². The van der Waals surface area contributed by atoms with Crippen molar-refractivity contribution in [1.29, 1.82) is 0 Å². The normalized spacial score (nSPS) is 10.9. The summed E-state index contributed by atoms with van der Waals surface area (Å²) in [6.07, 6.45) is 0.187. The summed E-state index contributed by atoms with van der Waals surface area (Å²) in [6.45, 7) is 4.89. The maximum Gasteiger partial charge on any atom is 0.142 e. The summed E-state index contributed by atoms with van der Waals surface area (Å²) in [5.41, 5.74) is 0.786. The van der Waals surface area contributed by atoms with E-state index in [0.29, 0.717) is 34.9 Å². The number of rotatable bonds is 6. The zero-order chi connectivity index (χ0) is 12.8. The molecule has 96 valence electrons. The van der Waals surface area contributed by atoms with Crippen LogP contribution in [0.3, 0.4) is 0 Å². The average Bonchev–Trinajstić information content (AvgIpc) is 2.25. The highest BCUT2D eigenvalue weighted by atomic mass is 35.5. The molecule has 0 atom stereocenters. The van der Waals surface area contributed by atoms with Crippen LogP contribution in [0.25, 0.3) is 0 Å². The van der Waals surface area contributed by atoms with Crippen LogP contribution < -0.4 is 4.74 Å². The van der Waals surface area contributed by atoms with Crippen LogP contribution in [-0.2, 0) is 10.6 Å². The molecule has 0 saturated heterocycles. The Morgan fingerprint density at radius 3 is 2.47 bits per heavy atom. The molecule has 0 bridgehead atoms. The quantitative estimate of drug-likeness (QED) is 0.567. The third-order valence-corrected chi connectivity index (χ3v) is 2.80. The Hall–Kier alpha value is -0.150. The second-order valence-corrected chi connectivity index (χ2v) is 4.89. The highest BCUT2D eigenvalue weighted by molar-refractivity contribution is 6.35. The minimum absolute atomic E-state index is 0.187. The van der Waals surface area contributed by atoms with Crippen molar-refractivity contribution in [2.24, 2.45) is 0 Å². The molecule has 0 spiro atoms. The van der Waals surface area contributed by atoms with Gasteiger partial charge in [0.1, 0.15) is 12.4 Å². The van der Waals surface area contributed by atoms with E-state index in [9.17, 15) is 0 Å². The SMILES string of the molecule is CC(C)OCCOc1c(Cl)cc(Cl)cc1CCl. The lowest BCUT2D eigenvalue weighted by atomic mass is 10.2. The first-order valence-corrected chi connectivity index (χ1v) is 6.62. The van der Waals surface area contributed by atoms with Gasteiger partial charge in [-0.2, -0.15) is 0 Å². The Morgan fingerprint density at radius 1 is 1.18 bits per heavy atom. The molecule has 0 aromatic heterocycles. The van der Waals surface area contributed by atoms with Gasteiger partial charge in [-0.25, -0.2) is 0 Å². The first-order valence-electron chi connectivity index (χ1n) is 5.33. The van der Waals surface area contributed by atoms with E-state index in [1.807, 2.05) is 13.8 Å². The lowest BCUT2D eigenvalue weighted by Crippen LogP contribution is -2.12. The van der Waals surface area contributed by atoms with E-state index in [1.54, 1.807) is 12.1 Å². The molecule has 0 saturated carbocycles. The number of hydrogen-bond acceptors (Lipinski definition) is 2. The van der Waals surface area contributed by atoms with E-state index < -0.39 is 0 Å². The predicted molar refractivity (Wildman–Crippen MR) is 72.6 cm³/mol. The van der Waals surface area contributed by atoms with Gasteiger partial charge in [0, 0.05) is 10.6 Å². The number of halogens is 3. The highest BCUT2D eigenvalue weighted by Gasteiger charge is 2.10. The van der Waals surface area contributed by atoms with Crippen LogP contribution in [-0.4, -0.2) is 19.3 Å². The predicted octanol–water partition coefficient (Wildman–Crippen LogP) is 4.54. The molecule has 1 rings (SSSR count). The van der Waals surface area contributed by atoms with Crippen molar-refractivity contribution in [2.75, 3.05) is 13.2 Å². The maximum atomic E-state index is 6.05. The fourth-order valence-corrected chi connectivity index (χ4v) is 2.09. The smallest absolute Gasteiger partial charge is 0.142 e. The van der Waals surface area contributed by atoms with E-state index in [2.05, 4.69) is 0 Å². The van der Waals surface area contributed by atoms with E-state index in [0.717, 1.165) is 5.56 Å². The molecule has 17 heavy (non-hydrogen) atoms. The molecular formula is C12H15Cl3O2. The van der Waals surface area contributed by atoms with Gasteiger partial charge in [0.2, 0.25) is 0 Å². The molecule has 5 heteroatoms. The summed E-state index contributed by atoms with van der Waals surface area (Å²) < 4.78 is 10.9. The lowest BCUT2D eigenvalue weighted by molar-refractivity contribution is 0.0551. The summed E-state index contributed by atoms with van der Waals surface area (Å²) in [4.78, 5) is 0. The highest BCUT2D eigenvalue weighted by Crippen LogP contribution is 2.33. The molecule has 0 radical (unpaired) electrons. The zero-order valence-corrected chi connectivity index (χ0v) is 12.1. The molecule has 0 unspecified atom stereocenters. The van der Waals surface area contributed by atoms with E-state index in [1.165, 1.54) is 0 Å². The molecule has 0 aliphatic carbocycles. The van der Waals surface area contributed by atoms with Crippen molar-refractivity contribution in [1.82, 2.24) is 0 Å². The standard InChI is InChI=1S/C12H15Cl3O2/c1-8(2)16-3-4-17-12-9(7-13)5-10(14)6-11(12)15/h5-6,8H,3-4,7H2,1-2H3. The van der Waals surface area contributed by atoms with Crippen molar-refractivity contribution in [2.45, 2.75) is 25.8 Å². The number of ether oxygens (including phenoxy) is 2. The van der Waals surface area contributed by atoms with Crippen LogP contribution in [0, 0.1) is 0 Å². The van der Waals surface area contributed by atoms with Crippen molar-refractivity contribution in [3.05, 3.63) is 27.7 Å². The van der Waals surface area contributed by atoms with Gasteiger partial charge in [-0.15, -0.1) is 11.6 Å². The van der Waals surface area contributed by atoms with Gasteiger partial charge in [0.15, 0.2) is 0 Å². The molecule has 0 N–H and O–H groups in total. The number of hydrogen-bond donors (Lipinski definition) is 0. The summed E-state index contributed by atoms with van der Waals surface area (Å²) in [5, 5.41) is 1.02. The summed E-state index contributed by atoms with van der Waals surface area (Å²) >= 11 is 17.7. The van der Waals surface area contributed by atoms with E-state index >= 15 is 0 Å². The van der Waals surface area contributed by atoms with Gasteiger partial charge in [-0.3, -0.25) is 0 Å².